The third-order valence-electron chi connectivity index (χ3n) is 2.88. The predicted octanol–water partition coefficient (Wildman–Crippen LogP) is 1.72. The number of hydrogen-bond acceptors (Lipinski definition) is 4. The largest absolute Gasteiger partial charge is 0.494 e. The minimum absolute atomic E-state index is 0.133. The van der Waals surface area contributed by atoms with Gasteiger partial charge in [-0.25, -0.2) is 9.48 Å². The van der Waals surface area contributed by atoms with E-state index < -0.39 is 5.97 Å². The van der Waals surface area contributed by atoms with Gasteiger partial charge in [-0.1, -0.05) is 0 Å². The van der Waals surface area contributed by atoms with Crippen molar-refractivity contribution < 1.29 is 14.6 Å². The van der Waals surface area contributed by atoms with Gasteiger partial charge in [-0.2, -0.15) is 5.10 Å². The van der Waals surface area contributed by atoms with E-state index in [2.05, 4.69) is 5.10 Å². The first-order valence-corrected chi connectivity index (χ1v) is 6.57. The fraction of sp³-hybridized carbons (Fsp3) is 0.267. The van der Waals surface area contributed by atoms with Crippen LogP contribution >= 0.6 is 0 Å². The molecule has 0 unspecified atom stereocenters. The molecule has 6 heteroatoms. The molecule has 0 spiro atoms. The molecule has 2 rings (SSSR count). The number of carbonyl (C=O) groups is 1. The summed E-state index contributed by atoms with van der Waals surface area (Å²) in [6, 6.07) is 9.38. The van der Waals surface area contributed by atoms with Crippen molar-refractivity contribution in [2.24, 2.45) is 0 Å². The Labute approximate surface area is 121 Å². The van der Waals surface area contributed by atoms with Crippen molar-refractivity contribution in [1.82, 2.24) is 9.78 Å². The molecule has 0 aliphatic heterocycles. The highest BCUT2D eigenvalue weighted by atomic mass is 16.5. The molecule has 1 heterocycles. The molecule has 0 saturated heterocycles. The quantitative estimate of drug-likeness (QED) is 0.818. The first kappa shape index (κ1) is 14.8. The maximum absolute atomic E-state index is 11.5. The van der Waals surface area contributed by atoms with Gasteiger partial charge in [0.2, 0.25) is 0 Å². The number of benzene rings is 1. The van der Waals surface area contributed by atoms with Gasteiger partial charge in [0, 0.05) is 19.0 Å². The van der Waals surface area contributed by atoms with Crippen LogP contribution in [0, 0.1) is 6.92 Å². The zero-order valence-electron chi connectivity index (χ0n) is 11.7. The van der Waals surface area contributed by atoms with E-state index in [-0.39, 0.29) is 11.1 Å². The molecule has 0 fully saturated rings. The molecule has 0 aliphatic rings. The van der Waals surface area contributed by atoms with Crippen LogP contribution in [0.15, 0.2) is 41.2 Å². The Morgan fingerprint density at radius 2 is 1.95 bits per heavy atom. The Bertz CT molecular complexity index is 677. The molecule has 1 aromatic carbocycles. The van der Waals surface area contributed by atoms with Gasteiger partial charge in [-0.05, 0) is 37.3 Å². The lowest BCUT2D eigenvalue weighted by molar-refractivity contribution is 0.0697. The van der Waals surface area contributed by atoms with Gasteiger partial charge in [0.25, 0.3) is 5.56 Å². The average Bonchev–Trinajstić information content (AvgIpc) is 2.47. The van der Waals surface area contributed by atoms with Crippen LogP contribution in [0.1, 0.15) is 22.5 Å². The summed E-state index contributed by atoms with van der Waals surface area (Å²) in [6.07, 6.45) is 0.636. The standard InChI is InChI=1S/C15H16N2O4/c1-11-3-8-14(18)17(16-11)9-2-10-21-13-6-4-12(5-7-13)15(19)20/h3-8H,2,9-10H2,1H3,(H,19,20). The van der Waals surface area contributed by atoms with E-state index in [4.69, 9.17) is 9.84 Å². The van der Waals surface area contributed by atoms with Gasteiger partial charge in [0.15, 0.2) is 0 Å². The molecule has 0 atom stereocenters. The highest BCUT2D eigenvalue weighted by Crippen LogP contribution is 2.12. The summed E-state index contributed by atoms with van der Waals surface area (Å²) in [5.74, 6) is -0.365. The fourth-order valence-corrected chi connectivity index (χ4v) is 1.81. The van der Waals surface area contributed by atoms with Crippen LogP contribution in [0.5, 0.6) is 5.75 Å². The third-order valence-corrected chi connectivity index (χ3v) is 2.88. The molecule has 2 aromatic rings. The molecule has 6 nitrogen and oxygen atoms in total. The number of hydrogen-bond donors (Lipinski definition) is 1. The molecule has 0 bridgehead atoms. The second-order valence-corrected chi connectivity index (χ2v) is 4.57. The van der Waals surface area contributed by atoms with Crippen LogP contribution in [-0.2, 0) is 6.54 Å². The van der Waals surface area contributed by atoms with Crippen LogP contribution in [0.3, 0.4) is 0 Å². The Balaban J connectivity index is 1.83. The smallest absolute Gasteiger partial charge is 0.335 e. The lowest BCUT2D eigenvalue weighted by Crippen LogP contribution is -2.23. The van der Waals surface area contributed by atoms with Gasteiger partial charge in [-0.15, -0.1) is 0 Å². The van der Waals surface area contributed by atoms with E-state index in [1.54, 1.807) is 18.2 Å². The van der Waals surface area contributed by atoms with E-state index in [9.17, 15) is 9.59 Å². The zero-order valence-corrected chi connectivity index (χ0v) is 11.7. The van der Waals surface area contributed by atoms with Crippen molar-refractivity contribution in [1.29, 1.82) is 0 Å². The van der Waals surface area contributed by atoms with E-state index in [0.29, 0.717) is 25.3 Å². The molecule has 0 amide bonds. The number of aryl methyl sites for hydroxylation is 2. The number of carboxylic acids is 1. The van der Waals surface area contributed by atoms with Crippen molar-refractivity contribution in [3.8, 4) is 5.75 Å². The zero-order chi connectivity index (χ0) is 15.2. The molecule has 0 aliphatic carbocycles. The number of carboxylic acid groups (broad SMARTS) is 1. The lowest BCUT2D eigenvalue weighted by atomic mass is 10.2. The van der Waals surface area contributed by atoms with Crippen LogP contribution in [0.2, 0.25) is 0 Å². The summed E-state index contributed by atoms with van der Waals surface area (Å²) in [5, 5.41) is 12.9. The van der Waals surface area contributed by atoms with E-state index in [1.165, 1.54) is 22.9 Å². The third kappa shape index (κ3) is 4.17. The van der Waals surface area contributed by atoms with E-state index in [0.717, 1.165) is 5.69 Å². The molecule has 1 aromatic heterocycles. The molecule has 0 saturated carbocycles. The summed E-state index contributed by atoms with van der Waals surface area (Å²) >= 11 is 0. The highest BCUT2D eigenvalue weighted by Gasteiger charge is 2.02. The number of aromatic nitrogens is 2. The first-order valence-electron chi connectivity index (χ1n) is 6.57. The predicted molar refractivity (Wildman–Crippen MR) is 76.7 cm³/mol. The Hall–Kier alpha value is -2.63. The van der Waals surface area contributed by atoms with E-state index in [1.807, 2.05) is 6.92 Å². The van der Waals surface area contributed by atoms with Crippen LogP contribution in [0.4, 0.5) is 0 Å². The normalized spacial score (nSPS) is 10.3. The topological polar surface area (TPSA) is 81.4 Å². The number of nitrogens with zero attached hydrogens (tertiary/aromatic N) is 2. The lowest BCUT2D eigenvalue weighted by Gasteiger charge is -2.07. The second-order valence-electron chi connectivity index (χ2n) is 4.57. The second kappa shape index (κ2) is 6.69. The molecular formula is C15H16N2O4. The monoisotopic (exact) mass is 288 g/mol. The molecule has 21 heavy (non-hydrogen) atoms. The number of ether oxygens (including phenoxy) is 1. The van der Waals surface area contributed by atoms with E-state index >= 15 is 0 Å². The number of rotatable bonds is 6. The van der Waals surface area contributed by atoms with Crippen LogP contribution in [-0.4, -0.2) is 27.5 Å². The summed E-state index contributed by atoms with van der Waals surface area (Å²) in [6.45, 7) is 2.73. The maximum atomic E-state index is 11.5. The SMILES string of the molecule is Cc1ccc(=O)n(CCCOc2ccc(C(=O)O)cc2)n1. The van der Waals surface area contributed by atoms with Gasteiger partial charge in [-0.3, -0.25) is 4.79 Å². The van der Waals surface area contributed by atoms with Crippen molar-refractivity contribution in [3.63, 3.8) is 0 Å². The summed E-state index contributed by atoms with van der Waals surface area (Å²) in [4.78, 5) is 22.2. The minimum Gasteiger partial charge on any atom is -0.494 e. The summed E-state index contributed by atoms with van der Waals surface area (Å²) in [5.41, 5.74) is 0.879. The fourth-order valence-electron chi connectivity index (χ4n) is 1.81. The van der Waals surface area contributed by atoms with Crippen molar-refractivity contribution in [3.05, 3.63) is 58.0 Å². The summed E-state index contributed by atoms with van der Waals surface area (Å²) < 4.78 is 6.91. The Morgan fingerprint density at radius 3 is 2.62 bits per heavy atom. The van der Waals surface area contributed by atoms with Gasteiger partial charge >= 0.3 is 5.97 Å². The summed E-state index contributed by atoms with van der Waals surface area (Å²) in [7, 11) is 0. The molecule has 1 N–H and O–H groups in total. The van der Waals surface area contributed by atoms with Crippen molar-refractivity contribution in [2.45, 2.75) is 19.9 Å². The first-order chi connectivity index (χ1) is 10.1. The van der Waals surface area contributed by atoms with Gasteiger partial charge in [0.05, 0.1) is 17.9 Å². The van der Waals surface area contributed by atoms with Gasteiger partial charge < -0.3 is 9.84 Å². The van der Waals surface area contributed by atoms with Gasteiger partial charge in [0.1, 0.15) is 5.75 Å². The minimum atomic E-state index is -0.966. The highest BCUT2D eigenvalue weighted by molar-refractivity contribution is 5.87. The van der Waals surface area contributed by atoms with Crippen molar-refractivity contribution in [2.75, 3.05) is 6.61 Å². The molecule has 0 radical (unpaired) electrons. The number of aromatic carboxylic acids is 1. The Kier molecular flexibility index (Phi) is 4.71. The maximum Gasteiger partial charge on any atom is 0.335 e. The molecule has 110 valence electrons. The average molecular weight is 288 g/mol. The Morgan fingerprint density at radius 1 is 1.24 bits per heavy atom. The van der Waals surface area contributed by atoms with Crippen LogP contribution < -0.4 is 10.3 Å². The molecular weight excluding hydrogens is 272 g/mol. The van der Waals surface area contributed by atoms with Crippen molar-refractivity contribution >= 4 is 5.97 Å². The van der Waals surface area contributed by atoms with Crippen LogP contribution in [0.25, 0.3) is 0 Å².